The fourth-order valence-electron chi connectivity index (χ4n) is 7.13. The van der Waals surface area contributed by atoms with Crippen molar-refractivity contribution in [1.29, 1.82) is 0 Å². The van der Waals surface area contributed by atoms with Gasteiger partial charge in [0.25, 0.3) is 0 Å². The number of fused-ring (bicyclic) bond motifs is 2. The maximum atomic E-state index is 14.6. The Labute approximate surface area is 338 Å². The summed E-state index contributed by atoms with van der Waals surface area (Å²) >= 11 is 0. The molecular formula is C43H57N7O5SSi. The molecule has 2 atom stereocenters. The van der Waals surface area contributed by atoms with Gasteiger partial charge in [0.15, 0.2) is 14.1 Å². The van der Waals surface area contributed by atoms with Gasteiger partial charge < -0.3 is 14.5 Å². The summed E-state index contributed by atoms with van der Waals surface area (Å²) in [6.45, 7) is 24.2. The topological polar surface area (TPSA) is 141 Å². The number of aromatic nitrogens is 5. The van der Waals surface area contributed by atoms with Crippen molar-refractivity contribution in [1.82, 2.24) is 29.3 Å². The van der Waals surface area contributed by atoms with Crippen LogP contribution in [-0.2, 0) is 38.9 Å². The van der Waals surface area contributed by atoms with Crippen LogP contribution in [0.5, 0.6) is 5.75 Å². The van der Waals surface area contributed by atoms with Crippen molar-refractivity contribution >= 4 is 41.0 Å². The summed E-state index contributed by atoms with van der Waals surface area (Å²) in [7, 11) is -5.88. The van der Waals surface area contributed by atoms with Gasteiger partial charge >= 0.3 is 0 Å². The Kier molecular flexibility index (Phi) is 11.8. The first kappa shape index (κ1) is 42.1. The SMILES string of the molecule is CC[C@@H]1CN(Cc2cc(C(c3ccc4c(nnn4CC)c3C)C(C)(C)C(=O)Nc3cnc(CO[Si](C)(C)C(C)(C)C)nc3)ccc2C)S(=O)(=O)c2ccccc2O1. The number of nitrogens with zero attached hydrogens (tertiary/aromatic N) is 6. The lowest BCUT2D eigenvalue weighted by Crippen LogP contribution is -2.40. The van der Waals surface area contributed by atoms with Gasteiger partial charge in [-0.1, -0.05) is 83.2 Å². The highest BCUT2D eigenvalue weighted by atomic mass is 32.2. The molecule has 0 bridgehead atoms. The molecule has 304 valence electrons. The Morgan fingerprint density at radius 2 is 1.72 bits per heavy atom. The summed E-state index contributed by atoms with van der Waals surface area (Å²) in [6, 6.07) is 17.0. The molecular weight excluding hydrogens is 755 g/mol. The van der Waals surface area contributed by atoms with Gasteiger partial charge in [-0.05, 0) is 91.3 Å². The maximum absolute atomic E-state index is 14.6. The van der Waals surface area contributed by atoms with Crippen LogP contribution in [0.3, 0.4) is 0 Å². The predicted octanol–water partition coefficient (Wildman–Crippen LogP) is 8.54. The molecule has 5 aromatic rings. The summed E-state index contributed by atoms with van der Waals surface area (Å²) < 4.78 is 44.2. The number of amides is 1. The lowest BCUT2D eigenvalue weighted by Gasteiger charge is -2.36. The van der Waals surface area contributed by atoms with Gasteiger partial charge in [-0.25, -0.2) is 23.1 Å². The van der Waals surface area contributed by atoms with Crippen molar-refractivity contribution < 1.29 is 22.4 Å². The first-order chi connectivity index (χ1) is 26.8. The number of hydrogen-bond acceptors (Lipinski definition) is 9. The molecule has 0 saturated heterocycles. The smallest absolute Gasteiger partial charge is 0.247 e. The van der Waals surface area contributed by atoms with Crippen molar-refractivity contribution in [2.45, 2.75) is 123 Å². The van der Waals surface area contributed by atoms with Crippen LogP contribution in [-0.4, -0.2) is 64.6 Å². The first-order valence-corrected chi connectivity index (χ1v) is 24.1. The molecule has 1 N–H and O–H groups in total. The zero-order chi connectivity index (χ0) is 41.5. The molecule has 12 nitrogen and oxygen atoms in total. The third-order valence-electron chi connectivity index (χ3n) is 11.9. The van der Waals surface area contributed by atoms with E-state index in [0.29, 0.717) is 36.8 Å². The maximum Gasteiger partial charge on any atom is 0.247 e. The lowest BCUT2D eigenvalue weighted by atomic mass is 9.69. The molecule has 1 amide bonds. The van der Waals surface area contributed by atoms with E-state index in [4.69, 9.17) is 9.16 Å². The zero-order valence-electron chi connectivity index (χ0n) is 35.2. The van der Waals surface area contributed by atoms with E-state index in [9.17, 15) is 13.2 Å². The second-order valence-corrected chi connectivity index (χ2v) is 23.9. The molecule has 6 rings (SSSR count). The largest absolute Gasteiger partial charge is 0.488 e. The van der Waals surface area contributed by atoms with Gasteiger partial charge in [0.2, 0.25) is 15.9 Å². The van der Waals surface area contributed by atoms with Crippen LogP contribution in [0.1, 0.15) is 94.4 Å². The first-order valence-electron chi connectivity index (χ1n) is 19.7. The summed E-state index contributed by atoms with van der Waals surface area (Å²) in [5.74, 6) is 0.225. The van der Waals surface area contributed by atoms with Crippen LogP contribution < -0.4 is 10.1 Å². The standard InChI is InChI=1S/C43H57N7O5SSi/c1-12-33-26-49(56(52,53)37-17-15-14-16-36(37)55-33)25-31-22-30(19-18-28(31)3)39(34-20-21-35-40(29(34)4)47-48-50(35)13-2)43(8,9)41(51)46-32-23-44-38(45-24-32)27-54-57(10,11)42(5,6)7/h14-24,33,39H,12-13,25-27H2,1-11H3,(H,46,51)/t33-,39?/m1/s1. The number of carbonyl (C=O) groups excluding carboxylic acids is 1. The highest BCUT2D eigenvalue weighted by Gasteiger charge is 2.41. The minimum Gasteiger partial charge on any atom is -0.488 e. The predicted molar refractivity (Wildman–Crippen MR) is 226 cm³/mol. The van der Waals surface area contributed by atoms with Crippen molar-refractivity contribution in [2.75, 3.05) is 11.9 Å². The molecule has 0 radical (unpaired) electrons. The average Bonchev–Trinajstić information content (AvgIpc) is 3.55. The molecule has 0 saturated carbocycles. The molecule has 1 aliphatic rings. The van der Waals surface area contributed by atoms with E-state index in [1.807, 2.05) is 64.4 Å². The molecule has 0 fully saturated rings. The second kappa shape index (κ2) is 16.0. The normalized spacial score (nSPS) is 16.8. The van der Waals surface area contributed by atoms with Crippen LogP contribution in [0.15, 0.2) is 71.9 Å². The van der Waals surface area contributed by atoms with Gasteiger partial charge in [-0.2, -0.15) is 4.31 Å². The number of para-hydroxylation sites is 1. The van der Waals surface area contributed by atoms with Crippen LogP contribution in [0.25, 0.3) is 11.0 Å². The summed E-state index contributed by atoms with van der Waals surface area (Å²) in [4.78, 5) is 23.8. The fraction of sp³-hybridized carbons (Fsp3) is 0.465. The number of anilines is 1. The van der Waals surface area contributed by atoms with Crippen molar-refractivity contribution in [3.63, 3.8) is 0 Å². The molecule has 2 aromatic heterocycles. The molecule has 3 aromatic carbocycles. The molecule has 1 aliphatic heterocycles. The Hall–Kier alpha value is -4.50. The fourth-order valence-corrected chi connectivity index (χ4v) is 9.62. The number of rotatable bonds is 12. The summed E-state index contributed by atoms with van der Waals surface area (Å²) in [6.07, 6.45) is 3.58. The average molecular weight is 812 g/mol. The molecule has 0 aliphatic carbocycles. The Morgan fingerprint density at radius 3 is 2.39 bits per heavy atom. The zero-order valence-corrected chi connectivity index (χ0v) is 37.0. The minimum atomic E-state index is -3.88. The van der Waals surface area contributed by atoms with Gasteiger partial charge in [-0.15, -0.1) is 5.10 Å². The molecule has 14 heteroatoms. The van der Waals surface area contributed by atoms with Crippen LogP contribution in [0.4, 0.5) is 5.69 Å². The van der Waals surface area contributed by atoms with Gasteiger partial charge in [0.05, 0.1) is 42.2 Å². The van der Waals surface area contributed by atoms with E-state index in [1.165, 1.54) is 4.31 Å². The number of benzene rings is 3. The lowest BCUT2D eigenvalue weighted by molar-refractivity contribution is -0.124. The quantitative estimate of drug-likeness (QED) is 0.123. The Morgan fingerprint density at radius 1 is 1.02 bits per heavy atom. The van der Waals surface area contributed by atoms with Gasteiger partial charge in [-0.3, -0.25) is 4.79 Å². The number of sulfonamides is 1. The van der Waals surface area contributed by atoms with Crippen molar-refractivity contribution in [3.05, 3.63) is 101 Å². The Balaban J connectivity index is 1.37. The van der Waals surface area contributed by atoms with Gasteiger partial charge in [0.1, 0.15) is 22.3 Å². The summed E-state index contributed by atoms with van der Waals surface area (Å²) in [5, 5.41) is 12.1. The second-order valence-electron chi connectivity index (χ2n) is 17.2. The van der Waals surface area contributed by atoms with Crippen LogP contribution in [0.2, 0.25) is 18.1 Å². The number of carbonyl (C=O) groups is 1. The van der Waals surface area contributed by atoms with E-state index >= 15 is 0 Å². The van der Waals surface area contributed by atoms with E-state index in [-0.39, 0.29) is 35.0 Å². The molecule has 1 unspecified atom stereocenters. The molecule has 0 spiro atoms. The minimum absolute atomic E-state index is 0.0562. The number of ether oxygens (including phenoxy) is 1. The third kappa shape index (κ3) is 8.41. The monoisotopic (exact) mass is 811 g/mol. The van der Waals surface area contributed by atoms with E-state index < -0.39 is 29.7 Å². The van der Waals surface area contributed by atoms with E-state index in [0.717, 1.165) is 38.9 Å². The van der Waals surface area contributed by atoms with Crippen LogP contribution in [0, 0.1) is 19.3 Å². The van der Waals surface area contributed by atoms with Crippen molar-refractivity contribution in [3.8, 4) is 5.75 Å². The number of aryl methyl sites for hydroxylation is 3. The highest BCUT2D eigenvalue weighted by Crippen LogP contribution is 2.45. The number of hydrogen-bond donors (Lipinski definition) is 1. The molecule has 57 heavy (non-hydrogen) atoms. The van der Waals surface area contributed by atoms with Crippen LogP contribution >= 0.6 is 0 Å². The van der Waals surface area contributed by atoms with Gasteiger partial charge in [0, 0.05) is 19.0 Å². The third-order valence-corrected chi connectivity index (χ3v) is 18.2. The molecule has 3 heterocycles. The van der Waals surface area contributed by atoms with E-state index in [2.05, 4.69) is 71.6 Å². The summed E-state index contributed by atoms with van der Waals surface area (Å²) in [5.41, 5.74) is 5.61. The highest BCUT2D eigenvalue weighted by molar-refractivity contribution is 7.89. The number of nitrogens with one attached hydrogen (secondary N) is 1. The van der Waals surface area contributed by atoms with Crippen molar-refractivity contribution in [2.24, 2.45) is 5.41 Å². The Bertz CT molecular complexity index is 2370. The van der Waals surface area contributed by atoms with E-state index in [1.54, 1.807) is 36.7 Å².